The van der Waals surface area contributed by atoms with Crippen LogP contribution in [0.2, 0.25) is 0 Å². The normalized spacial score (nSPS) is 12.9. The van der Waals surface area contributed by atoms with E-state index in [1.54, 1.807) is 26.0 Å². The Labute approximate surface area is 281 Å². The molecule has 0 unspecified atom stereocenters. The number of hydrogen-bond donors (Lipinski definition) is 6. The summed E-state index contributed by atoms with van der Waals surface area (Å²) >= 11 is 0. The maximum atomic E-state index is 13.8. The van der Waals surface area contributed by atoms with Crippen molar-refractivity contribution in [1.82, 2.24) is 15.6 Å². The highest BCUT2D eigenvalue weighted by molar-refractivity contribution is 7.46. The Morgan fingerprint density at radius 1 is 1.08 bits per heavy atom. The number of hydrogen-bond acceptors (Lipinski definition) is 9. The number of H-pyrrole nitrogens is 1. The lowest BCUT2D eigenvalue weighted by Crippen LogP contribution is -2.40. The lowest BCUT2D eigenvalue weighted by Gasteiger charge is -2.25. The number of phosphoric acid groups is 1. The number of aromatic amines is 1. The molecule has 4 rings (SSSR count). The van der Waals surface area contributed by atoms with Gasteiger partial charge in [0, 0.05) is 24.3 Å². The number of amides is 3. The molecule has 260 valence electrons. The first kappa shape index (κ1) is 36.5. The highest BCUT2D eigenvalue weighted by Crippen LogP contribution is 2.37. The third kappa shape index (κ3) is 10.1. The standard InChI is InChI=1S/C32H37N6O10P/c1-4-13-34-31(41)25-16-35-28(20(25)3)29(36-17-33)38(26-15-22(8-5-19(26)2)30(40)37-23-9-10-23)32(42)47-18-46-27(39)14-21-6-11-24(12-7-21)48-49(43,44)45/h5-8,11-12,15-17,23,33,35H,4,9-10,13-14,18H2,1-3H3,(H,34,41)(H,37,40)(H2,43,44,45)/b33-17?,36-29+. The van der Waals surface area contributed by atoms with Gasteiger partial charge in [0.25, 0.3) is 11.8 Å². The lowest BCUT2D eigenvalue weighted by atomic mass is 10.1. The van der Waals surface area contributed by atoms with Crippen molar-refractivity contribution < 1.29 is 47.5 Å². The van der Waals surface area contributed by atoms with E-state index in [1.165, 1.54) is 36.5 Å². The number of amidine groups is 1. The fourth-order valence-electron chi connectivity index (χ4n) is 4.61. The fourth-order valence-corrected chi connectivity index (χ4v) is 5.01. The summed E-state index contributed by atoms with van der Waals surface area (Å²) in [6.07, 6.45) is 3.29. The fraction of sp³-hybridized carbons (Fsp3) is 0.312. The molecule has 1 aromatic heterocycles. The van der Waals surface area contributed by atoms with Crippen LogP contribution in [0.3, 0.4) is 0 Å². The lowest BCUT2D eigenvalue weighted by molar-refractivity contribution is -0.150. The second-order valence-electron chi connectivity index (χ2n) is 11.1. The minimum atomic E-state index is -4.75. The number of esters is 1. The quantitative estimate of drug-likeness (QED) is 0.0468. The summed E-state index contributed by atoms with van der Waals surface area (Å²) in [4.78, 5) is 78.1. The number of nitrogens with zero attached hydrogens (tertiary/aromatic N) is 2. The van der Waals surface area contributed by atoms with Crippen molar-refractivity contribution in [3.8, 4) is 5.75 Å². The zero-order valence-corrected chi connectivity index (χ0v) is 27.9. The number of aliphatic imine (C=N–C) groups is 1. The molecule has 17 heteroatoms. The van der Waals surface area contributed by atoms with Gasteiger partial charge < -0.3 is 29.6 Å². The summed E-state index contributed by atoms with van der Waals surface area (Å²) in [6.45, 7) is 4.89. The van der Waals surface area contributed by atoms with Crippen LogP contribution < -0.4 is 20.1 Å². The van der Waals surface area contributed by atoms with Crippen LogP contribution in [0, 0.1) is 19.3 Å². The molecule has 1 aliphatic carbocycles. The van der Waals surface area contributed by atoms with Crippen molar-refractivity contribution in [3.05, 3.63) is 82.2 Å². The first-order chi connectivity index (χ1) is 23.3. The van der Waals surface area contributed by atoms with E-state index in [1.807, 2.05) is 6.92 Å². The van der Waals surface area contributed by atoms with Crippen LogP contribution in [0.5, 0.6) is 5.75 Å². The zero-order valence-electron chi connectivity index (χ0n) is 27.0. The topological polar surface area (TPSA) is 233 Å². The van der Waals surface area contributed by atoms with Gasteiger partial charge in [0.2, 0.25) is 6.79 Å². The highest BCUT2D eigenvalue weighted by atomic mass is 31.2. The SMILES string of the molecule is CCCNC(=O)c1c[nH]c(/C(=N\C=N)N(C(=O)OCOC(=O)Cc2ccc(OP(=O)(O)O)cc2)c2cc(C(=O)NC3CC3)ccc2C)c1C. The van der Waals surface area contributed by atoms with Gasteiger partial charge in [0.1, 0.15) is 12.1 Å². The smallest absolute Gasteiger partial charge is 0.428 e. The molecule has 2 aromatic carbocycles. The highest BCUT2D eigenvalue weighted by Gasteiger charge is 2.31. The Bertz CT molecular complexity index is 1800. The average Bonchev–Trinajstić information content (AvgIpc) is 3.78. The van der Waals surface area contributed by atoms with Gasteiger partial charge in [-0.15, -0.1) is 0 Å². The van der Waals surface area contributed by atoms with Gasteiger partial charge in [-0.2, -0.15) is 0 Å². The van der Waals surface area contributed by atoms with Crippen LogP contribution in [0.1, 0.15) is 69.3 Å². The Balaban J connectivity index is 1.59. The number of ether oxygens (including phenoxy) is 2. The van der Waals surface area contributed by atoms with Crippen LogP contribution in [-0.2, 0) is 25.3 Å². The number of aryl methyl sites for hydroxylation is 1. The molecule has 16 nitrogen and oxygen atoms in total. The molecular weight excluding hydrogens is 659 g/mol. The van der Waals surface area contributed by atoms with E-state index in [0.717, 1.165) is 24.2 Å². The summed E-state index contributed by atoms with van der Waals surface area (Å²) in [5.74, 6) is -1.70. The minimum Gasteiger partial charge on any atom is -0.428 e. The van der Waals surface area contributed by atoms with Crippen molar-refractivity contribution in [1.29, 1.82) is 5.41 Å². The van der Waals surface area contributed by atoms with E-state index < -0.39 is 26.7 Å². The predicted molar refractivity (Wildman–Crippen MR) is 178 cm³/mol. The molecule has 1 saturated carbocycles. The van der Waals surface area contributed by atoms with Gasteiger partial charge >= 0.3 is 19.9 Å². The molecular formula is C32H37N6O10P. The largest absolute Gasteiger partial charge is 0.524 e. The molecule has 3 amide bonds. The zero-order chi connectivity index (χ0) is 35.7. The van der Waals surface area contributed by atoms with E-state index in [0.29, 0.717) is 35.1 Å². The van der Waals surface area contributed by atoms with Gasteiger partial charge in [-0.3, -0.25) is 29.6 Å². The monoisotopic (exact) mass is 696 g/mol. The molecule has 0 aliphatic heterocycles. The molecule has 0 atom stereocenters. The molecule has 1 heterocycles. The van der Waals surface area contributed by atoms with Crippen LogP contribution in [0.15, 0.2) is 53.7 Å². The molecule has 1 aliphatic rings. The number of phosphoric ester groups is 1. The third-order valence-electron chi connectivity index (χ3n) is 7.25. The molecule has 6 N–H and O–H groups in total. The first-order valence-electron chi connectivity index (χ1n) is 15.2. The molecule has 0 bridgehead atoms. The minimum absolute atomic E-state index is 0.0767. The number of rotatable bonds is 14. The molecule has 0 saturated heterocycles. The number of carbonyl (C=O) groups is 4. The maximum absolute atomic E-state index is 13.8. The van der Waals surface area contributed by atoms with E-state index in [4.69, 9.17) is 24.7 Å². The Hall–Kier alpha value is -5.31. The van der Waals surface area contributed by atoms with Crippen molar-refractivity contribution in [2.24, 2.45) is 4.99 Å². The molecule has 49 heavy (non-hydrogen) atoms. The van der Waals surface area contributed by atoms with Gasteiger partial charge in [0.05, 0.1) is 23.4 Å². The van der Waals surface area contributed by atoms with Gasteiger partial charge in [-0.05, 0) is 74.1 Å². The van der Waals surface area contributed by atoms with Gasteiger partial charge in [0.15, 0.2) is 5.84 Å². The number of nitrogens with one attached hydrogen (secondary N) is 4. The van der Waals surface area contributed by atoms with Crippen molar-refractivity contribution >= 4 is 49.6 Å². The molecule has 1 fully saturated rings. The van der Waals surface area contributed by atoms with Crippen molar-refractivity contribution in [3.63, 3.8) is 0 Å². The number of aromatic nitrogens is 1. The predicted octanol–water partition coefficient (Wildman–Crippen LogP) is 3.88. The Kier molecular flexibility index (Phi) is 12.1. The van der Waals surface area contributed by atoms with Crippen LogP contribution >= 0.6 is 7.82 Å². The average molecular weight is 697 g/mol. The van der Waals surface area contributed by atoms with Crippen LogP contribution in [0.4, 0.5) is 10.5 Å². The Morgan fingerprint density at radius 2 is 1.80 bits per heavy atom. The van der Waals surface area contributed by atoms with E-state index in [-0.39, 0.29) is 52.8 Å². The maximum Gasteiger partial charge on any atom is 0.524 e. The number of carbonyl (C=O) groups excluding carboxylic acids is 4. The summed E-state index contributed by atoms with van der Waals surface area (Å²) in [5.41, 5.74) is 2.34. The summed E-state index contributed by atoms with van der Waals surface area (Å²) in [7, 11) is -4.75. The summed E-state index contributed by atoms with van der Waals surface area (Å²) in [6, 6.07) is 10.2. The van der Waals surface area contributed by atoms with E-state index in [2.05, 4.69) is 25.1 Å². The summed E-state index contributed by atoms with van der Waals surface area (Å²) < 4.78 is 26.0. The van der Waals surface area contributed by atoms with Crippen molar-refractivity contribution in [2.75, 3.05) is 18.2 Å². The molecule has 0 spiro atoms. The van der Waals surface area contributed by atoms with Gasteiger partial charge in [-0.1, -0.05) is 25.1 Å². The second kappa shape index (κ2) is 16.2. The van der Waals surface area contributed by atoms with Crippen LogP contribution in [0.25, 0.3) is 0 Å². The third-order valence-corrected chi connectivity index (χ3v) is 7.70. The molecule has 0 radical (unpaired) electrons. The van der Waals surface area contributed by atoms with E-state index in [9.17, 15) is 23.7 Å². The van der Waals surface area contributed by atoms with Crippen LogP contribution in [-0.4, -0.2) is 70.2 Å². The second-order valence-corrected chi connectivity index (χ2v) is 12.2. The molecule has 3 aromatic rings. The van der Waals surface area contributed by atoms with Crippen molar-refractivity contribution in [2.45, 2.75) is 52.5 Å². The van der Waals surface area contributed by atoms with E-state index >= 15 is 0 Å². The number of anilines is 1. The van der Waals surface area contributed by atoms with Gasteiger partial charge in [-0.25, -0.2) is 19.3 Å². The number of benzene rings is 2. The summed E-state index contributed by atoms with van der Waals surface area (Å²) in [5, 5.41) is 13.5. The Morgan fingerprint density at radius 3 is 2.43 bits per heavy atom. The first-order valence-corrected chi connectivity index (χ1v) is 16.8.